The molecule has 4 rings (SSSR count). The molecular formula is C15H19N5OS. The van der Waals surface area contributed by atoms with Gasteiger partial charge in [-0.3, -0.25) is 15.2 Å². The van der Waals surface area contributed by atoms with E-state index >= 15 is 0 Å². The van der Waals surface area contributed by atoms with Crippen LogP contribution in [0.5, 0.6) is 0 Å². The van der Waals surface area contributed by atoms with Crippen LogP contribution >= 0.6 is 11.3 Å². The average Bonchev–Trinajstić information content (AvgIpc) is 3.24. The lowest BCUT2D eigenvalue weighted by Crippen LogP contribution is -2.26. The molecule has 0 saturated carbocycles. The van der Waals surface area contributed by atoms with Crippen LogP contribution in [0.15, 0.2) is 6.20 Å². The Morgan fingerprint density at radius 3 is 3.05 bits per heavy atom. The molecule has 0 bridgehead atoms. The molecule has 1 aliphatic carbocycles. The van der Waals surface area contributed by atoms with E-state index in [0.717, 1.165) is 56.5 Å². The van der Waals surface area contributed by atoms with Gasteiger partial charge in [-0.1, -0.05) is 0 Å². The number of aromatic nitrogens is 3. The number of rotatable bonds is 3. The van der Waals surface area contributed by atoms with Gasteiger partial charge in [0.2, 0.25) is 0 Å². The summed E-state index contributed by atoms with van der Waals surface area (Å²) < 4.78 is 0. The lowest BCUT2D eigenvalue weighted by Gasteiger charge is -2.20. The highest BCUT2D eigenvalue weighted by atomic mass is 32.1. The summed E-state index contributed by atoms with van der Waals surface area (Å²) in [6.45, 7) is 2.12. The Balaban J connectivity index is 1.46. The van der Waals surface area contributed by atoms with E-state index in [9.17, 15) is 4.79 Å². The van der Waals surface area contributed by atoms with Gasteiger partial charge in [0, 0.05) is 22.3 Å². The molecule has 0 radical (unpaired) electrons. The van der Waals surface area contributed by atoms with Crippen molar-refractivity contribution in [3.63, 3.8) is 0 Å². The van der Waals surface area contributed by atoms with Crippen LogP contribution in [0.4, 0.5) is 5.13 Å². The second-order valence-electron chi connectivity index (χ2n) is 5.93. The molecule has 7 heteroatoms. The van der Waals surface area contributed by atoms with Gasteiger partial charge in [0.1, 0.15) is 0 Å². The van der Waals surface area contributed by atoms with Gasteiger partial charge >= 0.3 is 0 Å². The molecule has 6 nitrogen and oxygen atoms in total. The first kappa shape index (κ1) is 13.9. The van der Waals surface area contributed by atoms with Gasteiger partial charge in [-0.2, -0.15) is 5.10 Å². The Kier molecular flexibility index (Phi) is 3.67. The molecule has 3 heterocycles. The van der Waals surface area contributed by atoms with Crippen LogP contribution in [-0.4, -0.2) is 34.2 Å². The van der Waals surface area contributed by atoms with E-state index in [2.05, 4.69) is 25.8 Å². The van der Waals surface area contributed by atoms with Crippen molar-refractivity contribution in [1.29, 1.82) is 0 Å². The molecule has 3 N–H and O–H groups in total. The number of amides is 1. The summed E-state index contributed by atoms with van der Waals surface area (Å²) in [5.41, 5.74) is 2.72. The van der Waals surface area contributed by atoms with Crippen molar-refractivity contribution in [3.05, 3.63) is 28.0 Å². The Morgan fingerprint density at radius 2 is 2.18 bits per heavy atom. The van der Waals surface area contributed by atoms with Crippen LogP contribution in [0.2, 0.25) is 0 Å². The van der Waals surface area contributed by atoms with E-state index < -0.39 is 0 Å². The first-order valence-electron chi connectivity index (χ1n) is 7.85. The standard InChI is InChI=1S/C15H19N5OS/c21-14(13-10-2-1-3-11(10)19-20-13)18-15-17-8-12(22-15)9-4-6-16-7-5-9/h8-9,16H,1-7H2,(H,19,20)(H,17,18,21). The summed E-state index contributed by atoms with van der Waals surface area (Å²) in [6, 6.07) is 0. The van der Waals surface area contributed by atoms with Crippen LogP contribution < -0.4 is 10.6 Å². The Bertz CT molecular complexity index is 686. The largest absolute Gasteiger partial charge is 0.317 e. The van der Waals surface area contributed by atoms with Crippen molar-refractivity contribution in [2.24, 2.45) is 0 Å². The molecular weight excluding hydrogens is 298 g/mol. The highest BCUT2D eigenvalue weighted by Crippen LogP contribution is 2.32. The van der Waals surface area contributed by atoms with E-state index in [1.807, 2.05) is 6.20 Å². The van der Waals surface area contributed by atoms with Crippen LogP contribution in [-0.2, 0) is 12.8 Å². The van der Waals surface area contributed by atoms with E-state index in [4.69, 9.17) is 0 Å². The summed E-state index contributed by atoms with van der Waals surface area (Å²) >= 11 is 1.59. The summed E-state index contributed by atoms with van der Waals surface area (Å²) in [5.74, 6) is 0.421. The highest BCUT2D eigenvalue weighted by Gasteiger charge is 2.24. The molecule has 0 spiro atoms. The van der Waals surface area contributed by atoms with Crippen LogP contribution in [0.1, 0.15) is 51.8 Å². The summed E-state index contributed by atoms with van der Waals surface area (Å²) in [5, 5.41) is 14.1. The lowest BCUT2D eigenvalue weighted by atomic mass is 9.97. The van der Waals surface area contributed by atoms with Crippen molar-refractivity contribution in [2.75, 3.05) is 18.4 Å². The third-order valence-corrected chi connectivity index (χ3v) is 5.58. The number of nitrogens with zero attached hydrogens (tertiary/aromatic N) is 2. The van der Waals surface area contributed by atoms with E-state index in [-0.39, 0.29) is 5.91 Å². The number of hydrogen-bond acceptors (Lipinski definition) is 5. The molecule has 2 aromatic rings. The number of piperidine rings is 1. The zero-order chi connectivity index (χ0) is 14.9. The molecule has 0 atom stereocenters. The second-order valence-corrected chi connectivity index (χ2v) is 6.99. The van der Waals surface area contributed by atoms with Crippen molar-refractivity contribution >= 4 is 22.4 Å². The quantitative estimate of drug-likeness (QED) is 0.809. The van der Waals surface area contributed by atoms with Gasteiger partial charge in [-0.05, 0) is 51.1 Å². The molecule has 22 heavy (non-hydrogen) atoms. The maximum absolute atomic E-state index is 12.4. The number of carbonyl (C=O) groups excluding carboxylic acids is 1. The van der Waals surface area contributed by atoms with Gasteiger partial charge in [0.15, 0.2) is 10.8 Å². The van der Waals surface area contributed by atoms with Gasteiger partial charge in [-0.15, -0.1) is 11.3 Å². The monoisotopic (exact) mass is 317 g/mol. The summed E-state index contributed by atoms with van der Waals surface area (Å²) in [4.78, 5) is 18.0. The smallest absolute Gasteiger partial charge is 0.278 e. The number of anilines is 1. The topological polar surface area (TPSA) is 82.7 Å². The maximum atomic E-state index is 12.4. The Morgan fingerprint density at radius 1 is 1.32 bits per heavy atom. The molecule has 0 aromatic carbocycles. The molecule has 1 fully saturated rings. The van der Waals surface area contributed by atoms with Gasteiger partial charge in [0.05, 0.1) is 0 Å². The number of H-pyrrole nitrogens is 1. The molecule has 116 valence electrons. The van der Waals surface area contributed by atoms with Gasteiger partial charge < -0.3 is 5.32 Å². The third kappa shape index (κ3) is 2.55. The Labute approximate surface area is 132 Å². The number of nitrogens with one attached hydrogen (secondary N) is 3. The lowest BCUT2D eigenvalue weighted by molar-refractivity contribution is 0.102. The van der Waals surface area contributed by atoms with Gasteiger partial charge in [0.25, 0.3) is 5.91 Å². The van der Waals surface area contributed by atoms with Crippen LogP contribution in [0, 0.1) is 0 Å². The van der Waals surface area contributed by atoms with Crippen molar-refractivity contribution in [2.45, 2.75) is 38.0 Å². The zero-order valence-electron chi connectivity index (χ0n) is 12.3. The second kappa shape index (κ2) is 5.81. The van der Waals surface area contributed by atoms with E-state index in [1.54, 1.807) is 11.3 Å². The minimum atomic E-state index is -0.148. The average molecular weight is 317 g/mol. The van der Waals surface area contributed by atoms with Crippen LogP contribution in [0.3, 0.4) is 0 Å². The number of fused-ring (bicyclic) bond motifs is 1. The molecule has 1 aliphatic heterocycles. The first-order chi connectivity index (χ1) is 10.8. The van der Waals surface area contributed by atoms with E-state index in [0.29, 0.717) is 16.7 Å². The molecule has 2 aliphatic rings. The predicted molar refractivity (Wildman–Crippen MR) is 85.5 cm³/mol. The van der Waals surface area contributed by atoms with Gasteiger partial charge in [-0.25, -0.2) is 4.98 Å². The van der Waals surface area contributed by atoms with E-state index in [1.165, 1.54) is 4.88 Å². The fourth-order valence-corrected chi connectivity index (χ4v) is 4.28. The highest BCUT2D eigenvalue weighted by molar-refractivity contribution is 7.15. The molecule has 0 unspecified atom stereocenters. The number of thiazole rings is 1. The molecule has 2 aromatic heterocycles. The summed E-state index contributed by atoms with van der Waals surface area (Å²) in [7, 11) is 0. The van der Waals surface area contributed by atoms with Crippen LogP contribution in [0.25, 0.3) is 0 Å². The van der Waals surface area contributed by atoms with Crippen molar-refractivity contribution in [1.82, 2.24) is 20.5 Å². The minimum absolute atomic E-state index is 0.148. The van der Waals surface area contributed by atoms with Crippen molar-refractivity contribution < 1.29 is 4.79 Å². The normalized spacial score (nSPS) is 18.4. The fourth-order valence-electron chi connectivity index (χ4n) is 3.30. The SMILES string of the molecule is O=C(Nc1ncc(C2CCNCC2)s1)c1n[nH]c2c1CCC2. The first-order valence-corrected chi connectivity index (χ1v) is 8.67. The number of carbonyl (C=O) groups is 1. The third-order valence-electron chi connectivity index (χ3n) is 4.51. The number of hydrogen-bond donors (Lipinski definition) is 3. The molecule has 1 saturated heterocycles. The van der Waals surface area contributed by atoms with Crippen molar-refractivity contribution in [3.8, 4) is 0 Å². The minimum Gasteiger partial charge on any atom is -0.317 e. The Hall–Kier alpha value is -1.73. The maximum Gasteiger partial charge on any atom is 0.278 e. The molecule has 1 amide bonds. The number of aryl methyl sites for hydroxylation is 1. The number of aromatic amines is 1. The zero-order valence-corrected chi connectivity index (χ0v) is 13.1. The fraction of sp³-hybridized carbons (Fsp3) is 0.533. The summed E-state index contributed by atoms with van der Waals surface area (Å²) in [6.07, 6.45) is 7.22. The predicted octanol–water partition coefficient (Wildman–Crippen LogP) is 2.07.